The van der Waals surface area contributed by atoms with Crippen molar-refractivity contribution in [2.45, 2.75) is 19.4 Å². The molecule has 2 saturated heterocycles. The van der Waals surface area contributed by atoms with E-state index in [2.05, 4.69) is 20.2 Å². The first-order valence-corrected chi connectivity index (χ1v) is 7.47. The Bertz CT molecular complexity index is 559. The molecule has 0 aliphatic carbocycles. The number of hydrogen-bond donors (Lipinski definition) is 1. The van der Waals surface area contributed by atoms with Crippen molar-refractivity contribution >= 4 is 17.8 Å². The molecule has 22 heavy (non-hydrogen) atoms. The summed E-state index contributed by atoms with van der Waals surface area (Å²) in [6, 6.07) is 1.89. The molecule has 0 saturated carbocycles. The molecule has 8 heteroatoms. The summed E-state index contributed by atoms with van der Waals surface area (Å²) in [7, 11) is 0. The molecule has 8 nitrogen and oxygen atoms in total. The van der Waals surface area contributed by atoms with Gasteiger partial charge in [0.15, 0.2) is 0 Å². The molecule has 0 atom stereocenters. The van der Waals surface area contributed by atoms with Crippen molar-refractivity contribution < 1.29 is 14.3 Å². The first-order chi connectivity index (χ1) is 10.7. The summed E-state index contributed by atoms with van der Waals surface area (Å²) in [5.41, 5.74) is 0. The molecule has 3 rings (SSSR count). The zero-order chi connectivity index (χ0) is 15.4. The summed E-state index contributed by atoms with van der Waals surface area (Å²) < 4.78 is 4.78. The topological polar surface area (TPSA) is 87.7 Å². The van der Waals surface area contributed by atoms with Crippen molar-refractivity contribution in [3.8, 4) is 0 Å². The second kappa shape index (κ2) is 6.59. The van der Waals surface area contributed by atoms with Gasteiger partial charge in [-0.25, -0.2) is 14.8 Å². The highest BCUT2D eigenvalue weighted by atomic mass is 16.6. The van der Waals surface area contributed by atoms with Crippen LogP contribution in [0.4, 0.5) is 10.6 Å². The van der Waals surface area contributed by atoms with Crippen LogP contribution >= 0.6 is 0 Å². The summed E-state index contributed by atoms with van der Waals surface area (Å²) in [5.74, 6) is 1.23. The molecule has 1 N–H and O–H groups in total. The molecule has 2 fully saturated rings. The molecule has 2 aliphatic heterocycles. The van der Waals surface area contributed by atoms with Crippen LogP contribution in [0, 0.1) is 0 Å². The fourth-order valence-electron chi connectivity index (χ4n) is 2.57. The third kappa shape index (κ3) is 3.44. The minimum absolute atomic E-state index is 0.00461. The Morgan fingerprint density at radius 1 is 1.32 bits per heavy atom. The number of ether oxygens (including phenoxy) is 1. The molecule has 0 radical (unpaired) electrons. The number of carbonyl (C=O) groups is 2. The molecule has 118 valence electrons. The molecule has 1 aromatic rings. The number of amides is 2. The van der Waals surface area contributed by atoms with Crippen LogP contribution in [0.1, 0.15) is 18.7 Å². The molecule has 1 aromatic heterocycles. The van der Waals surface area contributed by atoms with Crippen molar-refractivity contribution in [2.75, 3.05) is 37.7 Å². The summed E-state index contributed by atoms with van der Waals surface area (Å²) in [5, 5.41) is 2.73. The normalized spacial score (nSPS) is 17.7. The van der Waals surface area contributed by atoms with Crippen molar-refractivity contribution in [3.05, 3.63) is 18.1 Å². The second-order valence-electron chi connectivity index (χ2n) is 5.34. The smallest absolute Gasteiger partial charge is 0.410 e. The molecule has 2 aliphatic rings. The highest BCUT2D eigenvalue weighted by Gasteiger charge is 2.24. The monoisotopic (exact) mass is 305 g/mol. The van der Waals surface area contributed by atoms with E-state index >= 15 is 0 Å². The number of rotatable bonds is 5. The van der Waals surface area contributed by atoms with Crippen LogP contribution in [-0.2, 0) is 16.1 Å². The van der Waals surface area contributed by atoms with Crippen LogP contribution in [0.25, 0.3) is 0 Å². The van der Waals surface area contributed by atoms with Gasteiger partial charge in [0.1, 0.15) is 24.8 Å². The van der Waals surface area contributed by atoms with Gasteiger partial charge in [-0.15, -0.1) is 0 Å². The molecule has 0 unspecified atom stereocenters. The third-order valence-electron chi connectivity index (χ3n) is 3.74. The average molecular weight is 305 g/mol. The van der Waals surface area contributed by atoms with Gasteiger partial charge < -0.3 is 15.0 Å². The lowest BCUT2D eigenvalue weighted by Gasteiger charge is -2.16. The lowest BCUT2D eigenvalue weighted by molar-refractivity contribution is -0.121. The minimum atomic E-state index is -0.442. The Kier molecular flexibility index (Phi) is 4.36. The molecular weight excluding hydrogens is 286 g/mol. The van der Waals surface area contributed by atoms with E-state index in [0.29, 0.717) is 19.0 Å². The molecular formula is C14H19N5O3. The number of nitrogens with one attached hydrogen (secondary N) is 1. The van der Waals surface area contributed by atoms with Gasteiger partial charge in [-0.3, -0.25) is 9.69 Å². The van der Waals surface area contributed by atoms with Gasteiger partial charge >= 0.3 is 6.09 Å². The predicted octanol–water partition coefficient (Wildman–Crippen LogP) is 0.145. The number of nitrogens with zero attached hydrogens (tertiary/aromatic N) is 4. The third-order valence-corrected chi connectivity index (χ3v) is 3.74. The Labute approximate surface area is 128 Å². The fourth-order valence-corrected chi connectivity index (χ4v) is 2.57. The van der Waals surface area contributed by atoms with E-state index < -0.39 is 6.09 Å². The second-order valence-corrected chi connectivity index (χ2v) is 5.34. The zero-order valence-electron chi connectivity index (χ0n) is 12.3. The Balaban J connectivity index is 1.51. The van der Waals surface area contributed by atoms with E-state index in [0.717, 1.165) is 18.9 Å². The molecule has 0 aromatic carbocycles. The highest BCUT2D eigenvalue weighted by Crippen LogP contribution is 2.16. The average Bonchev–Trinajstić information content (AvgIpc) is 3.18. The predicted molar refractivity (Wildman–Crippen MR) is 78.2 cm³/mol. The lowest BCUT2D eigenvalue weighted by atomic mass is 10.4. The number of aromatic nitrogens is 2. The maximum atomic E-state index is 11.8. The van der Waals surface area contributed by atoms with Crippen molar-refractivity contribution in [1.82, 2.24) is 20.2 Å². The van der Waals surface area contributed by atoms with Crippen molar-refractivity contribution in [3.63, 3.8) is 0 Å². The molecule has 2 amide bonds. The minimum Gasteiger partial charge on any atom is -0.448 e. The Hall–Kier alpha value is -2.38. The maximum Gasteiger partial charge on any atom is 0.410 e. The van der Waals surface area contributed by atoms with Crippen molar-refractivity contribution in [2.24, 2.45) is 0 Å². The summed E-state index contributed by atoms with van der Waals surface area (Å²) >= 11 is 0. The first kappa shape index (κ1) is 14.6. The largest absolute Gasteiger partial charge is 0.448 e. The number of carbonyl (C=O) groups excluding carboxylic acids is 2. The van der Waals surface area contributed by atoms with Crippen LogP contribution in [0.15, 0.2) is 12.3 Å². The van der Waals surface area contributed by atoms with Crippen LogP contribution in [0.3, 0.4) is 0 Å². The van der Waals surface area contributed by atoms with Crippen LogP contribution in [-0.4, -0.2) is 59.7 Å². The maximum absolute atomic E-state index is 11.8. The van der Waals surface area contributed by atoms with E-state index in [4.69, 9.17) is 4.74 Å². The SMILES string of the molecule is O=C(CN1CCOC1=O)NCc1nccc(N2CCCC2)n1. The summed E-state index contributed by atoms with van der Waals surface area (Å²) in [6.45, 7) is 3.08. The van der Waals surface area contributed by atoms with Gasteiger partial charge in [-0.2, -0.15) is 0 Å². The molecule has 3 heterocycles. The fraction of sp³-hybridized carbons (Fsp3) is 0.571. The summed E-state index contributed by atoms with van der Waals surface area (Å²) in [4.78, 5) is 35.3. The van der Waals surface area contributed by atoms with Crippen LogP contribution in [0.5, 0.6) is 0 Å². The standard InChI is InChI=1S/C14H19N5O3/c20-13(10-19-7-8-22-14(19)21)16-9-11-15-4-3-12(17-11)18-5-1-2-6-18/h3-4H,1-2,5-10H2,(H,16,20). The first-order valence-electron chi connectivity index (χ1n) is 7.47. The molecule has 0 spiro atoms. The van der Waals surface area contributed by atoms with Crippen LogP contribution in [0.2, 0.25) is 0 Å². The van der Waals surface area contributed by atoms with E-state index in [1.165, 1.54) is 17.7 Å². The Morgan fingerprint density at radius 2 is 2.14 bits per heavy atom. The van der Waals surface area contributed by atoms with E-state index in [1.54, 1.807) is 6.20 Å². The zero-order valence-corrected chi connectivity index (χ0v) is 12.3. The lowest BCUT2D eigenvalue weighted by Crippen LogP contribution is -2.37. The van der Waals surface area contributed by atoms with Gasteiger partial charge in [-0.1, -0.05) is 0 Å². The van der Waals surface area contributed by atoms with Crippen molar-refractivity contribution in [1.29, 1.82) is 0 Å². The highest BCUT2D eigenvalue weighted by molar-refractivity contribution is 5.82. The van der Waals surface area contributed by atoms with E-state index in [-0.39, 0.29) is 19.0 Å². The van der Waals surface area contributed by atoms with E-state index in [9.17, 15) is 9.59 Å². The quantitative estimate of drug-likeness (QED) is 0.833. The van der Waals surface area contributed by atoms with Crippen LogP contribution < -0.4 is 10.2 Å². The van der Waals surface area contributed by atoms with Gasteiger partial charge in [-0.05, 0) is 18.9 Å². The summed E-state index contributed by atoms with van der Waals surface area (Å²) in [6.07, 6.45) is 3.63. The number of hydrogen-bond acceptors (Lipinski definition) is 6. The van der Waals surface area contributed by atoms with Gasteiger partial charge in [0.2, 0.25) is 5.91 Å². The van der Waals surface area contributed by atoms with Gasteiger partial charge in [0, 0.05) is 19.3 Å². The van der Waals surface area contributed by atoms with Gasteiger partial charge in [0.25, 0.3) is 0 Å². The Morgan fingerprint density at radius 3 is 2.86 bits per heavy atom. The molecule has 0 bridgehead atoms. The van der Waals surface area contributed by atoms with Gasteiger partial charge in [0.05, 0.1) is 13.1 Å². The number of cyclic esters (lactones) is 1. The van der Waals surface area contributed by atoms with E-state index in [1.807, 2.05) is 6.07 Å². The number of anilines is 1.